The van der Waals surface area contributed by atoms with Gasteiger partial charge in [-0.25, -0.2) is 8.78 Å². The minimum atomic E-state index is -0.944. The smallest absolute Gasteiger partial charge is 0.184 e. The molecule has 2 aliphatic heterocycles. The summed E-state index contributed by atoms with van der Waals surface area (Å²) >= 11 is 0. The third-order valence-corrected chi connectivity index (χ3v) is 6.66. The molecule has 1 fully saturated rings. The summed E-state index contributed by atoms with van der Waals surface area (Å²) in [6.45, 7) is 4.04. The zero-order valence-electron chi connectivity index (χ0n) is 18.1. The van der Waals surface area contributed by atoms with Gasteiger partial charge in [-0.3, -0.25) is 10.1 Å². The van der Waals surface area contributed by atoms with Crippen LogP contribution in [-0.2, 0) is 0 Å². The fourth-order valence-electron chi connectivity index (χ4n) is 4.92. The van der Waals surface area contributed by atoms with Gasteiger partial charge in [-0.15, -0.1) is 0 Å². The van der Waals surface area contributed by atoms with Crippen LogP contribution in [0.5, 0.6) is 0 Å². The van der Waals surface area contributed by atoms with Gasteiger partial charge in [0.2, 0.25) is 0 Å². The van der Waals surface area contributed by atoms with Gasteiger partial charge < -0.3 is 20.9 Å². The lowest BCUT2D eigenvalue weighted by Crippen LogP contribution is -2.44. The van der Waals surface area contributed by atoms with Gasteiger partial charge in [0.1, 0.15) is 5.52 Å². The molecule has 9 heteroatoms. The van der Waals surface area contributed by atoms with E-state index < -0.39 is 11.6 Å². The number of nitrogens with zero attached hydrogens (tertiary/aromatic N) is 4. The quantitative estimate of drug-likeness (QED) is 0.437. The van der Waals surface area contributed by atoms with E-state index in [1.54, 1.807) is 6.20 Å². The summed E-state index contributed by atoms with van der Waals surface area (Å²) in [6, 6.07) is 7.24. The molecule has 0 unspecified atom stereocenters. The van der Waals surface area contributed by atoms with E-state index in [9.17, 15) is 8.78 Å². The summed E-state index contributed by atoms with van der Waals surface area (Å²) in [7, 11) is 2.12. The highest BCUT2D eigenvalue weighted by atomic mass is 19.2. The van der Waals surface area contributed by atoms with E-state index in [4.69, 9.17) is 10.7 Å². The fraction of sp³-hybridized carbons (Fsp3) is 0.250. The average Bonchev–Trinajstić information content (AvgIpc) is 3.32. The zero-order valence-corrected chi connectivity index (χ0v) is 18.1. The molecular weight excluding hydrogens is 424 g/mol. The molecule has 4 aromatic rings. The predicted octanol–water partition coefficient (Wildman–Crippen LogP) is 3.28. The Hall–Kier alpha value is -3.72. The Balaban J connectivity index is 1.62. The normalized spacial score (nSPS) is 17.0. The number of aromatic amines is 1. The van der Waals surface area contributed by atoms with Crippen LogP contribution in [0.3, 0.4) is 0 Å². The SMILES string of the molecule is CN1CCN(c2cc3c(c4cccnc24)NCC(N)=C3c2cc(F)c(F)c3[nH]ncc23)CC1. The number of rotatable bonds is 2. The number of anilines is 2. The third kappa shape index (κ3) is 3.03. The molecule has 2 aromatic carbocycles. The number of fused-ring (bicyclic) bond motifs is 4. The van der Waals surface area contributed by atoms with Crippen LogP contribution in [-0.4, -0.2) is 59.9 Å². The molecule has 0 saturated carbocycles. The Bertz CT molecular complexity index is 1430. The van der Waals surface area contributed by atoms with E-state index in [1.165, 1.54) is 12.3 Å². The number of nitrogens with one attached hydrogen (secondary N) is 2. The molecule has 33 heavy (non-hydrogen) atoms. The van der Waals surface area contributed by atoms with Crippen LogP contribution in [0, 0.1) is 11.6 Å². The summed E-state index contributed by atoms with van der Waals surface area (Å²) in [5, 5.41) is 11.4. The minimum Gasteiger partial charge on any atom is -0.400 e. The standard InChI is InChI=1S/C24H23F2N7/c1-32-5-7-33(8-6-32)19-10-15-20(14-9-17(25)21(26)24-16(14)11-30-31-24)18(27)12-29-22(15)13-3-2-4-28-23(13)19/h2-4,9-11,29H,5-8,12,27H2,1H3,(H,30,31). The van der Waals surface area contributed by atoms with E-state index >= 15 is 0 Å². The highest BCUT2D eigenvalue weighted by Gasteiger charge is 2.28. The molecule has 0 aliphatic carbocycles. The molecule has 4 heterocycles. The van der Waals surface area contributed by atoms with Crippen LogP contribution < -0.4 is 16.0 Å². The Labute approximate surface area is 188 Å². The van der Waals surface area contributed by atoms with Crippen molar-refractivity contribution in [1.82, 2.24) is 20.1 Å². The van der Waals surface area contributed by atoms with Crippen molar-refractivity contribution in [2.24, 2.45) is 5.73 Å². The Morgan fingerprint density at radius 2 is 1.88 bits per heavy atom. The van der Waals surface area contributed by atoms with E-state index in [2.05, 4.69) is 38.4 Å². The number of nitrogens with two attached hydrogens (primary N) is 1. The van der Waals surface area contributed by atoms with Gasteiger partial charge in [-0.05, 0) is 36.9 Å². The zero-order chi connectivity index (χ0) is 22.7. The molecule has 0 radical (unpaired) electrons. The molecule has 1 saturated heterocycles. The van der Waals surface area contributed by atoms with Crippen molar-refractivity contribution in [3.63, 3.8) is 0 Å². The first kappa shape index (κ1) is 19.9. The molecule has 7 nitrogen and oxygen atoms in total. The highest BCUT2D eigenvalue weighted by molar-refractivity contribution is 6.10. The molecule has 2 aromatic heterocycles. The molecular formula is C24H23F2N7. The molecule has 168 valence electrons. The van der Waals surface area contributed by atoms with Gasteiger partial charge in [-0.2, -0.15) is 5.10 Å². The van der Waals surface area contributed by atoms with E-state index in [0.717, 1.165) is 54.0 Å². The van der Waals surface area contributed by atoms with Gasteiger partial charge in [0, 0.05) is 60.0 Å². The monoisotopic (exact) mass is 447 g/mol. The molecule has 0 atom stereocenters. The minimum absolute atomic E-state index is 0.0344. The van der Waals surface area contributed by atoms with Gasteiger partial charge in [0.25, 0.3) is 0 Å². The lowest BCUT2D eigenvalue weighted by atomic mass is 9.88. The van der Waals surface area contributed by atoms with Crippen LogP contribution in [0.25, 0.3) is 27.4 Å². The summed E-state index contributed by atoms with van der Waals surface area (Å²) in [5.41, 5.74) is 12.0. The van der Waals surface area contributed by atoms with Gasteiger partial charge in [-0.1, -0.05) is 0 Å². The lowest BCUT2D eigenvalue weighted by Gasteiger charge is -2.35. The number of likely N-dealkylation sites (N-methyl/N-ethyl adjacent to an activating group) is 1. The average molecular weight is 447 g/mol. The van der Waals surface area contributed by atoms with Crippen molar-refractivity contribution in [1.29, 1.82) is 0 Å². The molecule has 0 amide bonds. The fourth-order valence-corrected chi connectivity index (χ4v) is 4.92. The van der Waals surface area contributed by atoms with Crippen LogP contribution in [0.1, 0.15) is 11.1 Å². The number of hydrogen-bond donors (Lipinski definition) is 3. The van der Waals surface area contributed by atoms with Crippen LogP contribution >= 0.6 is 0 Å². The number of hydrogen-bond acceptors (Lipinski definition) is 6. The van der Waals surface area contributed by atoms with Gasteiger partial charge in [0.05, 0.1) is 29.6 Å². The molecule has 4 N–H and O–H groups in total. The maximum absolute atomic E-state index is 14.6. The van der Waals surface area contributed by atoms with Crippen molar-refractivity contribution in [3.05, 3.63) is 65.1 Å². The largest absolute Gasteiger partial charge is 0.400 e. The molecule has 2 aliphatic rings. The predicted molar refractivity (Wildman–Crippen MR) is 126 cm³/mol. The van der Waals surface area contributed by atoms with E-state index in [0.29, 0.717) is 28.8 Å². The molecule has 0 spiro atoms. The first-order valence-electron chi connectivity index (χ1n) is 10.9. The summed E-state index contributed by atoms with van der Waals surface area (Å²) in [6.07, 6.45) is 3.31. The van der Waals surface area contributed by atoms with Crippen molar-refractivity contribution in [2.45, 2.75) is 0 Å². The van der Waals surface area contributed by atoms with Crippen molar-refractivity contribution in [2.75, 3.05) is 50.0 Å². The first-order chi connectivity index (χ1) is 16.0. The second kappa shape index (κ2) is 7.41. The van der Waals surface area contributed by atoms with Crippen molar-refractivity contribution in [3.8, 4) is 0 Å². The number of aromatic nitrogens is 3. The summed E-state index contributed by atoms with van der Waals surface area (Å²) < 4.78 is 29.0. The number of pyridine rings is 1. The van der Waals surface area contributed by atoms with Gasteiger partial charge in [0.15, 0.2) is 11.6 Å². The summed E-state index contributed by atoms with van der Waals surface area (Å²) in [5.74, 6) is -1.88. The number of benzene rings is 2. The maximum Gasteiger partial charge on any atom is 0.184 e. The molecule has 6 rings (SSSR count). The van der Waals surface area contributed by atoms with E-state index in [1.807, 2.05) is 12.1 Å². The molecule has 0 bridgehead atoms. The second-order valence-electron chi connectivity index (χ2n) is 8.64. The van der Waals surface area contributed by atoms with Crippen molar-refractivity contribution >= 4 is 38.8 Å². The van der Waals surface area contributed by atoms with E-state index in [-0.39, 0.29) is 5.52 Å². The number of piperazine rings is 1. The maximum atomic E-state index is 14.6. The Kier molecular flexibility index (Phi) is 4.48. The topological polar surface area (TPSA) is 86.1 Å². The van der Waals surface area contributed by atoms with Crippen molar-refractivity contribution < 1.29 is 8.78 Å². The number of H-pyrrole nitrogens is 1. The highest BCUT2D eigenvalue weighted by Crippen LogP contribution is 2.44. The first-order valence-corrected chi connectivity index (χ1v) is 10.9. The van der Waals surface area contributed by atoms with Crippen LogP contribution in [0.2, 0.25) is 0 Å². The number of halogens is 2. The Morgan fingerprint density at radius 1 is 1.06 bits per heavy atom. The third-order valence-electron chi connectivity index (χ3n) is 6.66. The van der Waals surface area contributed by atoms with Crippen LogP contribution in [0.15, 0.2) is 42.4 Å². The Morgan fingerprint density at radius 3 is 2.70 bits per heavy atom. The second-order valence-corrected chi connectivity index (χ2v) is 8.64. The van der Waals surface area contributed by atoms with Crippen LogP contribution in [0.4, 0.5) is 20.2 Å². The lowest BCUT2D eigenvalue weighted by molar-refractivity contribution is 0.313. The summed E-state index contributed by atoms with van der Waals surface area (Å²) in [4.78, 5) is 9.33. The van der Waals surface area contributed by atoms with Gasteiger partial charge >= 0.3 is 0 Å².